The second-order valence-corrected chi connectivity index (χ2v) is 8.40. The van der Waals surface area contributed by atoms with Crippen molar-refractivity contribution >= 4 is 10.0 Å². The standard InChI is InChI=1S/C16H24N2O3S/c1-22(20,21)18-14-4-5-15(18)11-13(10-14)17-9-8-12-2-6-16(19)7-3-12/h2-3,6-7,13-15,17,19H,4-5,8-11H2,1H3/t13?,14-,15+. The highest BCUT2D eigenvalue weighted by Crippen LogP contribution is 2.37. The first-order valence-corrected chi connectivity index (χ1v) is 9.78. The Morgan fingerprint density at radius 2 is 1.77 bits per heavy atom. The van der Waals surface area contributed by atoms with Crippen LogP contribution in [0.4, 0.5) is 0 Å². The number of aromatic hydroxyl groups is 1. The van der Waals surface area contributed by atoms with Crippen molar-refractivity contribution in [1.29, 1.82) is 0 Å². The number of benzene rings is 1. The Balaban J connectivity index is 1.51. The van der Waals surface area contributed by atoms with Gasteiger partial charge >= 0.3 is 0 Å². The van der Waals surface area contributed by atoms with Gasteiger partial charge in [-0.05, 0) is 56.3 Å². The van der Waals surface area contributed by atoms with E-state index in [4.69, 9.17) is 0 Å². The molecule has 6 heteroatoms. The Labute approximate surface area is 132 Å². The summed E-state index contributed by atoms with van der Waals surface area (Å²) in [5, 5.41) is 12.8. The SMILES string of the molecule is CS(=O)(=O)N1[C@@H]2CC[C@H]1CC(NCCc1ccc(O)cc1)C2. The minimum Gasteiger partial charge on any atom is -0.508 e. The maximum absolute atomic E-state index is 11.9. The Morgan fingerprint density at radius 3 is 2.32 bits per heavy atom. The molecule has 0 saturated carbocycles. The average molecular weight is 324 g/mol. The second kappa shape index (κ2) is 6.18. The minimum absolute atomic E-state index is 0.180. The van der Waals surface area contributed by atoms with Gasteiger partial charge in [0.05, 0.1) is 6.26 Å². The van der Waals surface area contributed by atoms with E-state index in [1.54, 1.807) is 16.4 Å². The number of hydrogen-bond acceptors (Lipinski definition) is 4. The van der Waals surface area contributed by atoms with E-state index in [1.165, 1.54) is 11.8 Å². The fourth-order valence-corrected chi connectivity index (χ4v) is 5.39. The van der Waals surface area contributed by atoms with Crippen LogP contribution in [0.5, 0.6) is 5.75 Å². The van der Waals surface area contributed by atoms with E-state index in [2.05, 4.69) is 5.32 Å². The van der Waals surface area contributed by atoms with Gasteiger partial charge < -0.3 is 10.4 Å². The summed E-state index contributed by atoms with van der Waals surface area (Å²) in [7, 11) is -3.07. The van der Waals surface area contributed by atoms with Gasteiger partial charge in [0.1, 0.15) is 5.75 Å². The van der Waals surface area contributed by atoms with E-state index in [9.17, 15) is 13.5 Å². The van der Waals surface area contributed by atoms with Crippen molar-refractivity contribution in [3.63, 3.8) is 0 Å². The van der Waals surface area contributed by atoms with Gasteiger partial charge in [0.25, 0.3) is 0 Å². The zero-order valence-electron chi connectivity index (χ0n) is 12.9. The maximum atomic E-state index is 11.9. The van der Waals surface area contributed by atoms with Gasteiger partial charge in [-0.2, -0.15) is 4.31 Å². The smallest absolute Gasteiger partial charge is 0.211 e. The molecular weight excluding hydrogens is 300 g/mol. The molecule has 122 valence electrons. The van der Waals surface area contributed by atoms with Crippen LogP contribution in [0.15, 0.2) is 24.3 Å². The Hall–Kier alpha value is -1.11. The number of fused-ring (bicyclic) bond motifs is 2. The predicted octanol–water partition coefficient (Wildman–Crippen LogP) is 1.48. The number of nitrogens with one attached hydrogen (secondary N) is 1. The molecule has 2 aliphatic heterocycles. The van der Waals surface area contributed by atoms with Crippen LogP contribution in [0.2, 0.25) is 0 Å². The molecule has 0 aromatic heterocycles. The number of piperidine rings is 1. The molecule has 1 aromatic carbocycles. The molecule has 2 aliphatic rings. The first kappa shape index (κ1) is 15.8. The summed E-state index contributed by atoms with van der Waals surface area (Å²) < 4.78 is 25.5. The van der Waals surface area contributed by atoms with Gasteiger partial charge in [-0.15, -0.1) is 0 Å². The third-order valence-electron chi connectivity index (χ3n) is 4.83. The summed E-state index contributed by atoms with van der Waals surface area (Å²) >= 11 is 0. The van der Waals surface area contributed by atoms with Crippen LogP contribution in [-0.2, 0) is 16.4 Å². The third-order valence-corrected chi connectivity index (χ3v) is 6.19. The molecule has 0 amide bonds. The highest BCUT2D eigenvalue weighted by molar-refractivity contribution is 7.88. The van der Waals surface area contributed by atoms with Gasteiger partial charge in [-0.1, -0.05) is 12.1 Å². The predicted molar refractivity (Wildman–Crippen MR) is 86.3 cm³/mol. The molecule has 5 nitrogen and oxygen atoms in total. The zero-order valence-corrected chi connectivity index (χ0v) is 13.7. The normalized spacial score (nSPS) is 28.9. The topological polar surface area (TPSA) is 69.6 Å². The molecule has 2 fully saturated rings. The molecule has 1 aromatic rings. The van der Waals surface area contributed by atoms with Crippen LogP contribution in [0.3, 0.4) is 0 Å². The molecule has 22 heavy (non-hydrogen) atoms. The van der Waals surface area contributed by atoms with Gasteiger partial charge in [0.15, 0.2) is 0 Å². The average Bonchev–Trinajstić information content (AvgIpc) is 2.74. The van der Waals surface area contributed by atoms with E-state index in [0.29, 0.717) is 11.8 Å². The molecule has 0 radical (unpaired) electrons. The lowest BCUT2D eigenvalue weighted by molar-refractivity contribution is 0.208. The summed E-state index contributed by atoms with van der Waals surface area (Å²) in [6, 6.07) is 8.06. The van der Waals surface area contributed by atoms with Crippen LogP contribution < -0.4 is 5.32 Å². The van der Waals surface area contributed by atoms with Gasteiger partial charge in [0, 0.05) is 18.1 Å². The number of phenols is 1. The fourth-order valence-electron chi connectivity index (χ4n) is 3.93. The van der Waals surface area contributed by atoms with Crippen molar-refractivity contribution in [3.05, 3.63) is 29.8 Å². The molecule has 0 aliphatic carbocycles. The molecule has 2 saturated heterocycles. The van der Waals surface area contributed by atoms with Crippen LogP contribution in [0.1, 0.15) is 31.2 Å². The lowest BCUT2D eigenvalue weighted by atomic mass is 9.99. The fraction of sp³-hybridized carbons (Fsp3) is 0.625. The molecule has 0 spiro atoms. The minimum atomic E-state index is -3.07. The van der Waals surface area contributed by atoms with Gasteiger partial charge in [0.2, 0.25) is 10.0 Å². The highest BCUT2D eigenvalue weighted by atomic mass is 32.2. The molecule has 3 rings (SSSR count). The number of nitrogens with zero attached hydrogens (tertiary/aromatic N) is 1. The summed E-state index contributed by atoms with van der Waals surface area (Å²) in [4.78, 5) is 0. The van der Waals surface area contributed by atoms with Crippen molar-refractivity contribution in [2.75, 3.05) is 12.8 Å². The molecule has 1 unspecified atom stereocenters. The largest absolute Gasteiger partial charge is 0.508 e. The maximum Gasteiger partial charge on any atom is 0.211 e. The van der Waals surface area contributed by atoms with Crippen LogP contribution in [-0.4, -0.2) is 48.8 Å². The molecule has 2 heterocycles. The zero-order chi connectivity index (χ0) is 15.7. The van der Waals surface area contributed by atoms with Crippen molar-refractivity contribution in [2.24, 2.45) is 0 Å². The van der Waals surface area contributed by atoms with Crippen LogP contribution >= 0.6 is 0 Å². The number of sulfonamides is 1. The van der Waals surface area contributed by atoms with E-state index >= 15 is 0 Å². The molecular formula is C16H24N2O3S. The van der Waals surface area contributed by atoms with Crippen molar-refractivity contribution in [1.82, 2.24) is 9.62 Å². The third kappa shape index (κ3) is 3.45. The lowest BCUT2D eigenvalue weighted by Crippen LogP contribution is -2.51. The summed E-state index contributed by atoms with van der Waals surface area (Å²) in [6.07, 6.45) is 6.07. The first-order chi connectivity index (χ1) is 10.4. The van der Waals surface area contributed by atoms with E-state index in [0.717, 1.165) is 38.6 Å². The Morgan fingerprint density at radius 1 is 1.18 bits per heavy atom. The molecule has 2 N–H and O–H groups in total. The first-order valence-electron chi connectivity index (χ1n) is 7.93. The number of hydrogen-bond donors (Lipinski definition) is 2. The van der Waals surface area contributed by atoms with Crippen molar-refractivity contribution < 1.29 is 13.5 Å². The lowest BCUT2D eigenvalue weighted by Gasteiger charge is -2.37. The van der Waals surface area contributed by atoms with Crippen molar-refractivity contribution in [2.45, 2.75) is 50.2 Å². The van der Waals surface area contributed by atoms with Crippen LogP contribution in [0.25, 0.3) is 0 Å². The summed E-state index contributed by atoms with van der Waals surface area (Å²) in [6.45, 7) is 0.883. The van der Waals surface area contributed by atoms with E-state index in [1.807, 2.05) is 12.1 Å². The molecule has 2 bridgehead atoms. The monoisotopic (exact) mass is 324 g/mol. The summed E-state index contributed by atoms with van der Waals surface area (Å²) in [5.74, 6) is 0.293. The second-order valence-electron chi connectivity index (χ2n) is 6.52. The van der Waals surface area contributed by atoms with Gasteiger partial charge in [-0.3, -0.25) is 0 Å². The Kier molecular flexibility index (Phi) is 4.43. The number of phenolic OH excluding ortho intramolecular Hbond substituents is 1. The Bertz CT molecular complexity index is 601. The van der Waals surface area contributed by atoms with Crippen LogP contribution in [0, 0.1) is 0 Å². The quantitative estimate of drug-likeness (QED) is 0.861. The van der Waals surface area contributed by atoms with E-state index in [-0.39, 0.29) is 12.1 Å². The summed E-state index contributed by atoms with van der Waals surface area (Å²) in [5.41, 5.74) is 1.20. The highest BCUT2D eigenvalue weighted by Gasteiger charge is 2.44. The number of rotatable bonds is 5. The van der Waals surface area contributed by atoms with Crippen molar-refractivity contribution in [3.8, 4) is 5.75 Å². The molecule has 3 atom stereocenters. The van der Waals surface area contributed by atoms with E-state index < -0.39 is 10.0 Å². The van der Waals surface area contributed by atoms with Gasteiger partial charge in [-0.25, -0.2) is 8.42 Å².